The number of nitrogens with one attached hydrogen (secondary N) is 1. The number of aliphatic imine (C=N–C) groups is 1. The van der Waals surface area contributed by atoms with Crippen molar-refractivity contribution in [2.45, 2.75) is 44.2 Å². The summed E-state index contributed by atoms with van der Waals surface area (Å²) in [6.07, 6.45) is 8.17. The van der Waals surface area contributed by atoms with Crippen molar-refractivity contribution in [3.63, 3.8) is 0 Å². The molecule has 1 saturated carbocycles. The first-order chi connectivity index (χ1) is 9.88. The Morgan fingerprint density at radius 1 is 1.20 bits per heavy atom. The summed E-state index contributed by atoms with van der Waals surface area (Å²) in [5.74, 6) is 0. The Hall–Kier alpha value is -1.19. The van der Waals surface area contributed by atoms with Gasteiger partial charge in [-0.25, -0.2) is 0 Å². The first-order valence-corrected chi connectivity index (χ1v) is 7.73. The highest BCUT2D eigenvalue weighted by atomic mass is 16.5. The maximum atomic E-state index is 5.90. The summed E-state index contributed by atoms with van der Waals surface area (Å²) >= 11 is 0. The van der Waals surface area contributed by atoms with Crippen LogP contribution in [0.5, 0.6) is 0 Å². The smallest absolute Gasteiger partial charge is 0.0576 e. The van der Waals surface area contributed by atoms with Crippen molar-refractivity contribution in [3.8, 4) is 0 Å². The fourth-order valence-electron chi connectivity index (χ4n) is 2.59. The molecule has 0 amide bonds. The number of nitrogens with zero attached hydrogens (tertiary/aromatic N) is 1. The van der Waals surface area contributed by atoms with Gasteiger partial charge in [0.2, 0.25) is 0 Å². The van der Waals surface area contributed by atoms with Crippen molar-refractivity contribution in [1.29, 1.82) is 0 Å². The zero-order chi connectivity index (χ0) is 14.0. The molecule has 1 aliphatic rings. The monoisotopic (exact) mass is 274 g/mol. The van der Waals surface area contributed by atoms with E-state index in [9.17, 15) is 0 Å². The number of rotatable bonds is 7. The zero-order valence-corrected chi connectivity index (χ0v) is 12.4. The van der Waals surface area contributed by atoms with E-state index in [1.165, 1.54) is 5.56 Å². The standard InChI is InChI=1S/C17H26N2O/c1-18-12-5-13-20-17-10-8-16(9-11-17)19-14-15-6-3-2-4-7-15/h2-4,6-7,14,16-18H,5,8-13H2,1H3/b19-14+/t16-,17-. The topological polar surface area (TPSA) is 33.6 Å². The minimum atomic E-state index is 0.454. The lowest BCUT2D eigenvalue weighted by Crippen LogP contribution is -2.24. The Labute approximate surface area is 122 Å². The second kappa shape index (κ2) is 8.88. The van der Waals surface area contributed by atoms with E-state index in [4.69, 9.17) is 9.73 Å². The van der Waals surface area contributed by atoms with Gasteiger partial charge in [0.25, 0.3) is 0 Å². The quantitative estimate of drug-likeness (QED) is 0.612. The molecule has 1 aliphatic carbocycles. The summed E-state index contributed by atoms with van der Waals surface area (Å²) in [5, 5.41) is 3.15. The van der Waals surface area contributed by atoms with Gasteiger partial charge in [-0.3, -0.25) is 4.99 Å². The Balaban J connectivity index is 1.65. The van der Waals surface area contributed by atoms with E-state index in [0.29, 0.717) is 12.1 Å². The molecular formula is C17H26N2O. The molecule has 0 unspecified atom stereocenters. The van der Waals surface area contributed by atoms with Gasteiger partial charge in [0.1, 0.15) is 0 Å². The summed E-state index contributed by atoms with van der Waals surface area (Å²) in [4.78, 5) is 4.71. The van der Waals surface area contributed by atoms with Crippen molar-refractivity contribution in [3.05, 3.63) is 35.9 Å². The van der Waals surface area contributed by atoms with Crippen LogP contribution < -0.4 is 5.32 Å². The average Bonchev–Trinajstić information content (AvgIpc) is 2.52. The molecule has 1 fully saturated rings. The van der Waals surface area contributed by atoms with Crippen LogP contribution >= 0.6 is 0 Å². The molecule has 1 aromatic carbocycles. The Kier molecular flexibility index (Phi) is 6.75. The van der Waals surface area contributed by atoms with Gasteiger partial charge in [-0.2, -0.15) is 0 Å². The Morgan fingerprint density at radius 2 is 1.95 bits per heavy atom. The molecular weight excluding hydrogens is 248 g/mol. The second-order valence-electron chi connectivity index (χ2n) is 5.45. The molecule has 0 spiro atoms. The average molecular weight is 274 g/mol. The van der Waals surface area contributed by atoms with E-state index < -0.39 is 0 Å². The molecule has 0 aliphatic heterocycles. The second-order valence-corrected chi connectivity index (χ2v) is 5.45. The fourth-order valence-corrected chi connectivity index (χ4v) is 2.59. The number of ether oxygens (including phenoxy) is 1. The molecule has 3 nitrogen and oxygen atoms in total. The predicted octanol–water partition coefficient (Wildman–Crippen LogP) is 3.04. The van der Waals surface area contributed by atoms with Gasteiger partial charge >= 0.3 is 0 Å². The van der Waals surface area contributed by atoms with E-state index in [0.717, 1.165) is 45.3 Å². The van der Waals surface area contributed by atoms with Crippen LogP contribution in [0, 0.1) is 0 Å². The van der Waals surface area contributed by atoms with Crippen molar-refractivity contribution < 1.29 is 4.74 Å². The lowest BCUT2D eigenvalue weighted by atomic mass is 9.93. The van der Waals surface area contributed by atoms with Gasteiger partial charge in [-0.1, -0.05) is 30.3 Å². The van der Waals surface area contributed by atoms with Crippen LogP contribution in [0.1, 0.15) is 37.7 Å². The molecule has 1 aromatic rings. The highest BCUT2D eigenvalue weighted by Crippen LogP contribution is 2.23. The van der Waals surface area contributed by atoms with E-state index >= 15 is 0 Å². The summed E-state index contributed by atoms with van der Waals surface area (Å²) in [7, 11) is 1.98. The van der Waals surface area contributed by atoms with Crippen LogP contribution in [0.2, 0.25) is 0 Å². The summed E-state index contributed by atoms with van der Waals surface area (Å²) in [6.45, 7) is 1.92. The lowest BCUT2D eigenvalue weighted by molar-refractivity contribution is 0.0244. The van der Waals surface area contributed by atoms with E-state index in [-0.39, 0.29) is 0 Å². The van der Waals surface area contributed by atoms with Crippen molar-refractivity contribution in [1.82, 2.24) is 5.32 Å². The minimum absolute atomic E-state index is 0.454. The third-order valence-corrected chi connectivity index (χ3v) is 3.80. The van der Waals surface area contributed by atoms with Gasteiger partial charge in [-0.15, -0.1) is 0 Å². The fraction of sp³-hybridized carbons (Fsp3) is 0.588. The minimum Gasteiger partial charge on any atom is -0.378 e. The SMILES string of the molecule is CNCCCO[C@H]1CC[C@H](/N=C/c2ccccc2)CC1. The third kappa shape index (κ3) is 5.43. The highest BCUT2D eigenvalue weighted by Gasteiger charge is 2.20. The predicted molar refractivity (Wildman–Crippen MR) is 84.6 cm³/mol. The van der Waals surface area contributed by atoms with E-state index in [1.54, 1.807) is 0 Å². The largest absolute Gasteiger partial charge is 0.378 e. The maximum absolute atomic E-state index is 5.90. The molecule has 0 bridgehead atoms. The van der Waals surface area contributed by atoms with Gasteiger partial charge in [0.05, 0.1) is 12.1 Å². The summed E-state index contributed by atoms with van der Waals surface area (Å²) in [5.41, 5.74) is 1.19. The summed E-state index contributed by atoms with van der Waals surface area (Å²) in [6, 6.07) is 10.8. The molecule has 1 N–H and O–H groups in total. The third-order valence-electron chi connectivity index (χ3n) is 3.80. The molecule has 0 heterocycles. The molecule has 0 atom stereocenters. The molecule has 2 rings (SSSR count). The lowest BCUT2D eigenvalue weighted by Gasteiger charge is -2.26. The van der Waals surface area contributed by atoms with Crippen LogP contribution in [0.15, 0.2) is 35.3 Å². The van der Waals surface area contributed by atoms with Crippen LogP contribution in [-0.4, -0.2) is 38.6 Å². The number of hydrogen-bond donors (Lipinski definition) is 1. The van der Waals surface area contributed by atoms with Crippen LogP contribution in [-0.2, 0) is 4.74 Å². The van der Waals surface area contributed by atoms with Crippen molar-refractivity contribution in [2.75, 3.05) is 20.2 Å². The first-order valence-electron chi connectivity index (χ1n) is 7.73. The molecule has 3 heteroatoms. The highest BCUT2D eigenvalue weighted by molar-refractivity contribution is 5.79. The molecule has 0 aromatic heterocycles. The number of hydrogen-bond acceptors (Lipinski definition) is 3. The summed E-state index contributed by atoms with van der Waals surface area (Å²) < 4.78 is 5.90. The van der Waals surface area contributed by atoms with Crippen LogP contribution in [0.25, 0.3) is 0 Å². The van der Waals surface area contributed by atoms with Gasteiger partial charge in [0, 0.05) is 12.8 Å². The zero-order valence-electron chi connectivity index (χ0n) is 12.4. The van der Waals surface area contributed by atoms with Gasteiger partial charge < -0.3 is 10.1 Å². The van der Waals surface area contributed by atoms with Gasteiger partial charge in [-0.05, 0) is 51.3 Å². The molecule has 20 heavy (non-hydrogen) atoms. The van der Waals surface area contributed by atoms with E-state index in [2.05, 4.69) is 29.6 Å². The van der Waals surface area contributed by atoms with Crippen molar-refractivity contribution >= 4 is 6.21 Å². The first kappa shape index (κ1) is 15.2. The maximum Gasteiger partial charge on any atom is 0.0576 e. The Bertz CT molecular complexity index is 383. The Morgan fingerprint density at radius 3 is 2.65 bits per heavy atom. The van der Waals surface area contributed by atoms with Crippen LogP contribution in [0.3, 0.4) is 0 Å². The molecule has 110 valence electrons. The normalized spacial score (nSPS) is 23.2. The number of benzene rings is 1. The van der Waals surface area contributed by atoms with Crippen LogP contribution in [0.4, 0.5) is 0 Å². The van der Waals surface area contributed by atoms with E-state index in [1.807, 2.05) is 19.3 Å². The van der Waals surface area contributed by atoms with Gasteiger partial charge in [0.15, 0.2) is 0 Å². The molecule has 0 radical (unpaired) electrons. The van der Waals surface area contributed by atoms with Crippen molar-refractivity contribution in [2.24, 2.45) is 4.99 Å². The molecule has 0 saturated heterocycles.